The van der Waals surface area contributed by atoms with Gasteiger partial charge in [0.2, 0.25) is 0 Å². The highest BCUT2D eigenvalue weighted by Gasteiger charge is 2.31. The first-order valence-corrected chi connectivity index (χ1v) is 16.9. The summed E-state index contributed by atoms with van der Waals surface area (Å²) in [5, 5.41) is 8.36. The van der Waals surface area contributed by atoms with Crippen LogP contribution in [0, 0.1) is 0 Å². The summed E-state index contributed by atoms with van der Waals surface area (Å²) in [5.74, 6) is 2.51. The first kappa shape index (κ1) is 33.4. The number of amides is 2. The van der Waals surface area contributed by atoms with Gasteiger partial charge in [-0.25, -0.2) is 14.5 Å². The number of carbonyl (C=O) groups excluding carboxylic acids is 1. The summed E-state index contributed by atoms with van der Waals surface area (Å²) in [6, 6.07) is 19.3. The second-order valence-electron chi connectivity index (χ2n) is 12.2. The van der Waals surface area contributed by atoms with E-state index in [0.717, 1.165) is 65.7 Å². The normalized spacial score (nSPS) is 19.1. The zero-order chi connectivity index (χ0) is 33.8. The molecular weight excluding hydrogens is 641 g/mol. The number of rotatable bonds is 8. The molecule has 1 saturated heterocycles. The standard InChI is InChI=1S/C35H37F3N6O3S/c1-22(2)30-20-29(46-3)15-16-31(30)43-17-4-18-48-34(43)41-33(45)40-26-10-9-25(19-26)23-5-7-24(8-6-23)32-39-21-44(42-32)27-11-13-28(14-12-27)47-35(36,37)38/h5-8,11-16,20-22,25-26H,4,9-10,17-19H2,1-3H3,(H,40,45). The Balaban J connectivity index is 1.06. The first-order valence-electron chi connectivity index (χ1n) is 15.9. The van der Waals surface area contributed by atoms with Crippen LogP contribution in [0.3, 0.4) is 0 Å². The van der Waals surface area contributed by atoms with Crippen LogP contribution in [0.2, 0.25) is 0 Å². The minimum atomic E-state index is -4.75. The summed E-state index contributed by atoms with van der Waals surface area (Å²) in [6.45, 7) is 5.11. The van der Waals surface area contributed by atoms with Crippen molar-refractivity contribution in [3.63, 3.8) is 0 Å². The number of aromatic nitrogens is 3. The van der Waals surface area contributed by atoms with E-state index in [4.69, 9.17) is 4.74 Å². The topological polar surface area (TPSA) is 93.9 Å². The second kappa shape index (κ2) is 14.3. The van der Waals surface area contributed by atoms with Gasteiger partial charge in [0, 0.05) is 29.6 Å². The Morgan fingerprint density at radius 2 is 1.79 bits per heavy atom. The Bertz CT molecular complexity index is 1760. The molecule has 252 valence electrons. The van der Waals surface area contributed by atoms with Crippen LogP contribution < -0.4 is 19.7 Å². The van der Waals surface area contributed by atoms with E-state index in [0.29, 0.717) is 17.4 Å². The first-order chi connectivity index (χ1) is 23.1. The summed E-state index contributed by atoms with van der Waals surface area (Å²) in [7, 11) is 1.67. The van der Waals surface area contributed by atoms with Gasteiger partial charge in [0.15, 0.2) is 11.0 Å². The average Bonchev–Trinajstić information content (AvgIpc) is 3.75. The van der Waals surface area contributed by atoms with Crippen molar-refractivity contribution in [2.75, 3.05) is 24.3 Å². The summed E-state index contributed by atoms with van der Waals surface area (Å²) in [5.41, 5.74) is 4.77. The number of halogens is 3. The van der Waals surface area contributed by atoms with Crippen molar-refractivity contribution in [1.29, 1.82) is 0 Å². The Morgan fingerprint density at radius 1 is 1.04 bits per heavy atom. The zero-order valence-electron chi connectivity index (χ0n) is 26.9. The lowest BCUT2D eigenvalue weighted by molar-refractivity contribution is -0.274. The Morgan fingerprint density at radius 3 is 2.50 bits per heavy atom. The molecule has 0 spiro atoms. The van der Waals surface area contributed by atoms with Crippen LogP contribution in [0.1, 0.15) is 62.5 Å². The third-order valence-corrected chi connectivity index (χ3v) is 9.62. The molecule has 6 rings (SSSR count). The number of nitrogens with zero attached hydrogens (tertiary/aromatic N) is 5. The van der Waals surface area contributed by atoms with Gasteiger partial charge < -0.3 is 19.7 Å². The maximum atomic E-state index is 13.2. The highest BCUT2D eigenvalue weighted by molar-refractivity contribution is 8.14. The monoisotopic (exact) mass is 678 g/mol. The molecule has 2 amide bonds. The molecule has 13 heteroatoms. The number of methoxy groups -OCH3 is 1. The molecule has 0 radical (unpaired) electrons. The molecule has 1 aliphatic heterocycles. The highest BCUT2D eigenvalue weighted by atomic mass is 32.2. The van der Waals surface area contributed by atoms with Crippen LogP contribution in [0.15, 0.2) is 78.0 Å². The van der Waals surface area contributed by atoms with E-state index < -0.39 is 6.36 Å². The van der Waals surface area contributed by atoms with E-state index in [-0.39, 0.29) is 23.7 Å². The molecule has 2 heterocycles. The number of urea groups is 1. The third kappa shape index (κ3) is 7.95. The smallest absolute Gasteiger partial charge is 0.497 e. The molecule has 1 aliphatic carbocycles. The van der Waals surface area contributed by atoms with Crippen molar-refractivity contribution in [2.45, 2.75) is 63.8 Å². The van der Waals surface area contributed by atoms with Crippen LogP contribution in [0.4, 0.5) is 23.7 Å². The number of benzene rings is 3. The van der Waals surface area contributed by atoms with E-state index in [1.165, 1.54) is 40.8 Å². The fraction of sp³-hybridized carbons (Fsp3) is 0.371. The Labute approximate surface area is 281 Å². The summed E-state index contributed by atoms with van der Waals surface area (Å²) in [4.78, 5) is 24.2. The van der Waals surface area contributed by atoms with E-state index in [2.05, 4.69) is 68.1 Å². The highest BCUT2D eigenvalue weighted by Crippen LogP contribution is 2.37. The van der Waals surface area contributed by atoms with Crippen molar-refractivity contribution < 1.29 is 27.4 Å². The van der Waals surface area contributed by atoms with E-state index >= 15 is 0 Å². The van der Waals surface area contributed by atoms with E-state index in [1.54, 1.807) is 18.9 Å². The van der Waals surface area contributed by atoms with Gasteiger partial charge in [-0.15, -0.1) is 18.3 Å². The number of amidine groups is 1. The lowest BCUT2D eigenvalue weighted by Gasteiger charge is -2.32. The zero-order valence-corrected chi connectivity index (χ0v) is 27.7. The number of carbonyl (C=O) groups is 1. The van der Waals surface area contributed by atoms with Crippen molar-refractivity contribution in [1.82, 2.24) is 20.1 Å². The quantitative estimate of drug-likeness (QED) is 0.200. The number of hydrogen-bond acceptors (Lipinski definition) is 6. The fourth-order valence-electron chi connectivity index (χ4n) is 6.18. The SMILES string of the molecule is COc1ccc(N2CCCSC2=NC(=O)NC2CCC(c3ccc(-c4ncn(-c5ccc(OC(F)(F)F)cc5)n4)cc3)C2)c(C(C)C)c1. The Kier molecular flexibility index (Phi) is 9.95. The predicted octanol–water partition coefficient (Wildman–Crippen LogP) is 8.31. The number of anilines is 1. The van der Waals surface area contributed by atoms with Crippen molar-refractivity contribution in [2.24, 2.45) is 4.99 Å². The molecule has 4 aromatic rings. The molecule has 1 aromatic heterocycles. The van der Waals surface area contributed by atoms with Crippen LogP contribution in [-0.2, 0) is 0 Å². The summed E-state index contributed by atoms with van der Waals surface area (Å²) < 4.78 is 48.3. The van der Waals surface area contributed by atoms with E-state index in [1.807, 2.05) is 18.2 Å². The van der Waals surface area contributed by atoms with Gasteiger partial charge in [-0.2, -0.15) is 4.99 Å². The lowest BCUT2D eigenvalue weighted by atomic mass is 9.96. The predicted molar refractivity (Wildman–Crippen MR) is 181 cm³/mol. The molecule has 0 bridgehead atoms. The second-order valence-corrected chi connectivity index (χ2v) is 13.2. The molecule has 2 aliphatic rings. The van der Waals surface area contributed by atoms with Gasteiger partial charge in [-0.05, 0) is 91.1 Å². The minimum absolute atomic E-state index is 0.0334. The summed E-state index contributed by atoms with van der Waals surface area (Å²) in [6.07, 6.45) is 0.421. The third-order valence-electron chi connectivity index (χ3n) is 8.56. The van der Waals surface area contributed by atoms with Crippen LogP contribution in [0.5, 0.6) is 11.5 Å². The molecule has 9 nitrogen and oxygen atoms in total. The van der Waals surface area contributed by atoms with Gasteiger partial charge >= 0.3 is 12.4 Å². The van der Waals surface area contributed by atoms with Gasteiger partial charge in [0.25, 0.3) is 0 Å². The average molecular weight is 679 g/mol. The fourth-order valence-corrected chi connectivity index (χ4v) is 7.13. The number of ether oxygens (including phenoxy) is 2. The van der Waals surface area contributed by atoms with Gasteiger partial charge in [-0.1, -0.05) is 49.9 Å². The van der Waals surface area contributed by atoms with Gasteiger partial charge in [0.1, 0.15) is 17.8 Å². The molecule has 2 atom stereocenters. The number of thioether (sulfide) groups is 1. The largest absolute Gasteiger partial charge is 0.573 e. The number of alkyl halides is 3. The number of hydrogen-bond donors (Lipinski definition) is 1. The molecule has 3 aromatic carbocycles. The molecule has 1 N–H and O–H groups in total. The molecule has 1 saturated carbocycles. The lowest BCUT2D eigenvalue weighted by Crippen LogP contribution is -2.38. The van der Waals surface area contributed by atoms with Crippen LogP contribution in [0.25, 0.3) is 17.1 Å². The van der Waals surface area contributed by atoms with Gasteiger partial charge in [0.05, 0.1) is 12.8 Å². The van der Waals surface area contributed by atoms with Crippen molar-refractivity contribution in [3.8, 4) is 28.6 Å². The number of nitrogens with one attached hydrogen (secondary N) is 1. The minimum Gasteiger partial charge on any atom is -0.497 e. The van der Waals surface area contributed by atoms with E-state index in [9.17, 15) is 18.0 Å². The van der Waals surface area contributed by atoms with Crippen LogP contribution in [-0.4, -0.2) is 57.8 Å². The Hall–Kier alpha value is -4.52. The van der Waals surface area contributed by atoms with Crippen molar-refractivity contribution in [3.05, 3.63) is 84.2 Å². The van der Waals surface area contributed by atoms with Crippen molar-refractivity contribution >= 4 is 28.6 Å². The molecule has 2 unspecified atom stereocenters. The molecule has 2 fully saturated rings. The maximum Gasteiger partial charge on any atom is 0.573 e. The maximum absolute atomic E-state index is 13.2. The number of aliphatic imine (C=N–C) groups is 1. The van der Waals surface area contributed by atoms with Crippen LogP contribution >= 0.6 is 11.8 Å². The molecule has 48 heavy (non-hydrogen) atoms. The summed E-state index contributed by atoms with van der Waals surface area (Å²) >= 11 is 1.61. The van der Waals surface area contributed by atoms with Gasteiger partial charge in [-0.3, -0.25) is 0 Å². The molecular formula is C35H37F3N6O3S.